The van der Waals surface area contributed by atoms with E-state index in [2.05, 4.69) is 0 Å². The lowest BCUT2D eigenvalue weighted by atomic mass is 10.1. The molecule has 0 aromatic carbocycles. The summed E-state index contributed by atoms with van der Waals surface area (Å²) in [5.41, 5.74) is 1.37. The summed E-state index contributed by atoms with van der Waals surface area (Å²) in [5, 5.41) is 0. The summed E-state index contributed by atoms with van der Waals surface area (Å²) in [6.45, 7) is 7.63. The van der Waals surface area contributed by atoms with Gasteiger partial charge in [0.2, 0.25) is 0 Å². The molecule has 0 radical (unpaired) electrons. The zero-order valence-electron chi connectivity index (χ0n) is 10.2. The Balaban J connectivity index is 4.53. The fraction of sp³-hybridized carbons (Fsp3) is 0.500. The molecule has 90 valence electrons. The lowest BCUT2D eigenvalue weighted by molar-refractivity contribution is -0.138. The molecule has 0 bridgehead atoms. The standard InChI is InChI=1S/C12H18O4/c1-5-15-11(13)7-9(3)10(4)8-12(14)16-6-2/h7-8H,5-6H2,1-4H3. The molecule has 0 spiro atoms. The first-order valence-corrected chi connectivity index (χ1v) is 5.21. The highest BCUT2D eigenvalue weighted by Gasteiger charge is 2.02. The first kappa shape index (κ1) is 14.4. The third-order valence-corrected chi connectivity index (χ3v) is 1.86. The van der Waals surface area contributed by atoms with E-state index in [0.29, 0.717) is 24.4 Å². The van der Waals surface area contributed by atoms with E-state index in [1.807, 2.05) is 0 Å². The molecule has 0 atom stereocenters. The molecular formula is C12H18O4. The topological polar surface area (TPSA) is 52.6 Å². The van der Waals surface area contributed by atoms with Crippen molar-refractivity contribution in [3.63, 3.8) is 0 Å². The number of allylic oxidation sites excluding steroid dienone is 2. The van der Waals surface area contributed by atoms with Crippen molar-refractivity contribution in [1.29, 1.82) is 0 Å². The van der Waals surface area contributed by atoms with Crippen LogP contribution in [0.15, 0.2) is 23.3 Å². The van der Waals surface area contributed by atoms with Gasteiger partial charge in [0.25, 0.3) is 0 Å². The maximum Gasteiger partial charge on any atom is 0.331 e. The van der Waals surface area contributed by atoms with Gasteiger partial charge >= 0.3 is 11.9 Å². The highest BCUT2D eigenvalue weighted by atomic mass is 16.5. The number of hydrogen-bond acceptors (Lipinski definition) is 4. The van der Waals surface area contributed by atoms with Gasteiger partial charge in [0.05, 0.1) is 13.2 Å². The third kappa shape index (κ3) is 6.01. The number of esters is 2. The van der Waals surface area contributed by atoms with Crippen LogP contribution in [0.4, 0.5) is 0 Å². The molecule has 0 aliphatic carbocycles. The Labute approximate surface area is 95.9 Å². The molecule has 0 saturated carbocycles. The van der Waals surface area contributed by atoms with Crippen molar-refractivity contribution in [2.75, 3.05) is 13.2 Å². The Morgan fingerprint density at radius 3 is 1.44 bits per heavy atom. The summed E-state index contributed by atoms with van der Waals surface area (Å²) in [6.07, 6.45) is 2.71. The quantitative estimate of drug-likeness (QED) is 0.409. The number of carbonyl (C=O) groups excluding carboxylic acids is 2. The lowest BCUT2D eigenvalue weighted by Crippen LogP contribution is -2.03. The van der Waals surface area contributed by atoms with E-state index in [1.54, 1.807) is 27.7 Å². The van der Waals surface area contributed by atoms with Gasteiger partial charge in [0, 0.05) is 12.2 Å². The summed E-state index contributed by atoms with van der Waals surface area (Å²) in [4.78, 5) is 22.3. The summed E-state index contributed by atoms with van der Waals surface area (Å²) in [7, 11) is 0. The van der Waals surface area contributed by atoms with Crippen LogP contribution in [0.25, 0.3) is 0 Å². The number of rotatable bonds is 5. The minimum absolute atomic E-state index is 0.337. The summed E-state index contributed by atoms with van der Waals surface area (Å²) in [5.74, 6) is -0.812. The Bertz CT molecular complexity index is 281. The Hall–Kier alpha value is -1.58. The molecular weight excluding hydrogens is 208 g/mol. The van der Waals surface area contributed by atoms with Crippen molar-refractivity contribution in [1.82, 2.24) is 0 Å². The predicted molar refractivity (Wildman–Crippen MR) is 60.8 cm³/mol. The van der Waals surface area contributed by atoms with Gasteiger partial charge < -0.3 is 9.47 Å². The molecule has 0 N–H and O–H groups in total. The highest BCUT2D eigenvalue weighted by molar-refractivity contribution is 5.86. The van der Waals surface area contributed by atoms with E-state index in [4.69, 9.17) is 9.47 Å². The van der Waals surface area contributed by atoms with Gasteiger partial charge in [-0.2, -0.15) is 0 Å². The van der Waals surface area contributed by atoms with Crippen molar-refractivity contribution in [2.45, 2.75) is 27.7 Å². The molecule has 0 rings (SSSR count). The van der Waals surface area contributed by atoms with Gasteiger partial charge in [-0.25, -0.2) is 9.59 Å². The molecule has 0 amide bonds. The van der Waals surface area contributed by atoms with Crippen LogP contribution in [0.5, 0.6) is 0 Å². The summed E-state index contributed by atoms with van der Waals surface area (Å²) in [6, 6.07) is 0. The Kier molecular flexibility index (Phi) is 6.92. The molecule has 0 unspecified atom stereocenters. The Morgan fingerprint density at radius 2 is 1.19 bits per heavy atom. The van der Waals surface area contributed by atoms with Crippen molar-refractivity contribution in [3.05, 3.63) is 23.3 Å². The smallest absolute Gasteiger partial charge is 0.331 e. The molecule has 0 fully saturated rings. The van der Waals surface area contributed by atoms with Crippen LogP contribution >= 0.6 is 0 Å². The maximum absolute atomic E-state index is 11.1. The normalized spacial score (nSPS) is 12.2. The summed E-state index contributed by atoms with van der Waals surface area (Å²) < 4.78 is 9.51. The monoisotopic (exact) mass is 226 g/mol. The first-order valence-electron chi connectivity index (χ1n) is 5.21. The van der Waals surface area contributed by atoms with E-state index < -0.39 is 11.9 Å². The van der Waals surface area contributed by atoms with Gasteiger partial charge in [0.1, 0.15) is 0 Å². The van der Waals surface area contributed by atoms with Gasteiger partial charge in [-0.3, -0.25) is 0 Å². The molecule has 4 heteroatoms. The van der Waals surface area contributed by atoms with Crippen LogP contribution in [0.3, 0.4) is 0 Å². The Morgan fingerprint density at radius 1 is 0.875 bits per heavy atom. The van der Waals surface area contributed by atoms with Crippen LogP contribution < -0.4 is 0 Å². The zero-order valence-corrected chi connectivity index (χ0v) is 10.2. The lowest BCUT2D eigenvalue weighted by Gasteiger charge is -2.02. The van der Waals surface area contributed by atoms with Gasteiger partial charge in [0.15, 0.2) is 0 Å². The van der Waals surface area contributed by atoms with Crippen LogP contribution in [-0.4, -0.2) is 25.2 Å². The number of hydrogen-bond donors (Lipinski definition) is 0. The maximum atomic E-state index is 11.1. The fourth-order valence-electron chi connectivity index (χ4n) is 0.949. The largest absolute Gasteiger partial charge is 0.463 e. The second kappa shape index (κ2) is 7.68. The van der Waals surface area contributed by atoms with Gasteiger partial charge in [-0.15, -0.1) is 0 Å². The predicted octanol–water partition coefficient (Wildman–Crippen LogP) is 2.01. The van der Waals surface area contributed by atoms with Gasteiger partial charge in [-0.05, 0) is 38.8 Å². The third-order valence-electron chi connectivity index (χ3n) is 1.86. The molecule has 0 aromatic rings. The molecule has 4 nitrogen and oxygen atoms in total. The average Bonchev–Trinajstić information content (AvgIpc) is 2.17. The molecule has 0 aromatic heterocycles. The first-order chi connectivity index (χ1) is 7.51. The van der Waals surface area contributed by atoms with Crippen molar-refractivity contribution in [3.8, 4) is 0 Å². The molecule has 0 saturated heterocycles. The fourth-order valence-corrected chi connectivity index (χ4v) is 0.949. The van der Waals surface area contributed by atoms with Crippen LogP contribution in [0.1, 0.15) is 27.7 Å². The second-order valence-electron chi connectivity index (χ2n) is 3.16. The van der Waals surface area contributed by atoms with E-state index in [9.17, 15) is 9.59 Å². The molecule has 16 heavy (non-hydrogen) atoms. The van der Waals surface area contributed by atoms with Crippen molar-refractivity contribution >= 4 is 11.9 Å². The minimum atomic E-state index is -0.406. The molecule has 0 aliphatic heterocycles. The number of carbonyl (C=O) groups is 2. The number of ether oxygens (including phenoxy) is 2. The van der Waals surface area contributed by atoms with Crippen molar-refractivity contribution in [2.24, 2.45) is 0 Å². The van der Waals surface area contributed by atoms with E-state index in [-0.39, 0.29) is 0 Å². The van der Waals surface area contributed by atoms with E-state index in [0.717, 1.165) is 0 Å². The minimum Gasteiger partial charge on any atom is -0.463 e. The average molecular weight is 226 g/mol. The molecule has 0 heterocycles. The van der Waals surface area contributed by atoms with Gasteiger partial charge in [-0.1, -0.05) is 0 Å². The van der Waals surface area contributed by atoms with Crippen molar-refractivity contribution < 1.29 is 19.1 Å². The highest BCUT2D eigenvalue weighted by Crippen LogP contribution is 2.08. The van der Waals surface area contributed by atoms with E-state index in [1.165, 1.54) is 12.2 Å². The zero-order chi connectivity index (χ0) is 12.6. The van der Waals surface area contributed by atoms with Crippen LogP contribution in [0, 0.1) is 0 Å². The van der Waals surface area contributed by atoms with E-state index >= 15 is 0 Å². The summed E-state index contributed by atoms with van der Waals surface area (Å²) >= 11 is 0. The van der Waals surface area contributed by atoms with Crippen LogP contribution in [-0.2, 0) is 19.1 Å². The second-order valence-corrected chi connectivity index (χ2v) is 3.16. The SMILES string of the molecule is CCOC(=O)C=C(C)C(C)=CC(=O)OCC. The van der Waals surface area contributed by atoms with Crippen LogP contribution in [0.2, 0.25) is 0 Å². The molecule has 0 aliphatic rings.